The number of rotatable bonds is 5. The zero-order valence-electron chi connectivity index (χ0n) is 17.9. The molecule has 0 aliphatic rings. The van der Waals surface area contributed by atoms with Gasteiger partial charge in [-0.1, -0.05) is 36.4 Å². The van der Waals surface area contributed by atoms with E-state index in [1.54, 1.807) is 23.2 Å². The molecule has 0 radical (unpaired) electrons. The topological polar surface area (TPSA) is 87.4 Å². The van der Waals surface area contributed by atoms with E-state index in [0.717, 1.165) is 27.8 Å². The van der Waals surface area contributed by atoms with Crippen LogP contribution >= 0.6 is 0 Å². The Balaban J connectivity index is 1.65. The van der Waals surface area contributed by atoms with E-state index < -0.39 is 0 Å². The van der Waals surface area contributed by atoms with Gasteiger partial charge in [-0.3, -0.25) is 9.78 Å². The summed E-state index contributed by atoms with van der Waals surface area (Å²) in [5.74, 6) is -0.322. The summed E-state index contributed by atoms with van der Waals surface area (Å²) in [5, 5.41) is 15.4. The molecule has 0 saturated heterocycles. The number of nitriles is 1. The van der Waals surface area contributed by atoms with Crippen LogP contribution in [0, 0.1) is 18.3 Å². The highest BCUT2D eigenvalue weighted by Crippen LogP contribution is 2.28. The van der Waals surface area contributed by atoms with Crippen LogP contribution in [0.1, 0.15) is 21.6 Å². The van der Waals surface area contributed by atoms with Crippen molar-refractivity contribution in [3.63, 3.8) is 0 Å². The molecule has 5 rings (SSSR count). The van der Waals surface area contributed by atoms with Gasteiger partial charge in [0.25, 0.3) is 0 Å². The maximum Gasteiger partial charge on any atom is 0.205 e. The molecular weight excluding hydrogens is 410 g/mol. The van der Waals surface area contributed by atoms with Gasteiger partial charge in [-0.15, -0.1) is 0 Å². The van der Waals surface area contributed by atoms with Gasteiger partial charge in [-0.25, -0.2) is 4.68 Å². The second-order valence-electron chi connectivity index (χ2n) is 7.62. The van der Waals surface area contributed by atoms with Crippen LogP contribution < -0.4 is 0 Å². The van der Waals surface area contributed by atoms with Crippen LogP contribution in [-0.2, 0) is 0 Å². The molecule has 0 aliphatic carbocycles. The Kier molecular flexibility index (Phi) is 5.13. The normalized spacial score (nSPS) is 11.5. The van der Waals surface area contributed by atoms with Gasteiger partial charge in [-0.05, 0) is 43.3 Å². The molecule has 5 aromatic rings. The minimum Gasteiger partial charge on any atom is -0.358 e. The van der Waals surface area contributed by atoms with Crippen molar-refractivity contribution in [3.8, 4) is 23.0 Å². The van der Waals surface area contributed by atoms with Gasteiger partial charge in [0, 0.05) is 46.3 Å². The maximum absolute atomic E-state index is 13.5. The number of fused-ring (bicyclic) bond motifs is 1. The largest absolute Gasteiger partial charge is 0.358 e. The molecule has 0 bridgehead atoms. The Morgan fingerprint density at radius 2 is 1.85 bits per heavy atom. The Hall–Kier alpha value is -4.76. The highest BCUT2D eigenvalue weighted by atomic mass is 16.1. The number of carbonyl (C=O) groups is 1. The van der Waals surface area contributed by atoms with Crippen molar-refractivity contribution in [2.75, 3.05) is 0 Å². The van der Waals surface area contributed by atoms with E-state index in [4.69, 9.17) is 5.10 Å². The van der Waals surface area contributed by atoms with E-state index in [-0.39, 0.29) is 11.4 Å². The molecule has 6 nitrogen and oxygen atoms in total. The van der Waals surface area contributed by atoms with Crippen molar-refractivity contribution in [2.24, 2.45) is 0 Å². The van der Waals surface area contributed by atoms with Gasteiger partial charge < -0.3 is 4.98 Å². The number of allylic oxidation sites excluding steroid dienone is 1. The van der Waals surface area contributed by atoms with Crippen LogP contribution in [0.25, 0.3) is 33.9 Å². The van der Waals surface area contributed by atoms with E-state index in [1.165, 1.54) is 0 Å². The first kappa shape index (κ1) is 20.2. The lowest BCUT2D eigenvalue weighted by molar-refractivity contribution is 0.104. The second kappa shape index (κ2) is 8.40. The zero-order valence-corrected chi connectivity index (χ0v) is 17.9. The van der Waals surface area contributed by atoms with Gasteiger partial charge in [0.05, 0.1) is 11.3 Å². The lowest BCUT2D eigenvalue weighted by Gasteiger charge is -2.01. The first-order chi connectivity index (χ1) is 16.2. The van der Waals surface area contributed by atoms with E-state index >= 15 is 0 Å². The number of carbonyl (C=O) groups excluding carboxylic acids is 1. The SMILES string of the molecule is Cc1[nH]c2ccccc2c1C(=O)/C(C#N)=C/c1cn(-c2ccccc2)nc1-c1cccnc1. The number of nitrogens with one attached hydrogen (secondary N) is 1. The summed E-state index contributed by atoms with van der Waals surface area (Å²) in [6.07, 6.45) is 6.84. The fraction of sp³-hybridized carbons (Fsp3) is 0.0370. The molecule has 0 aliphatic heterocycles. The van der Waals surface area contributed by atoms with Gasteiger partial charge in [-0.2, -0.15) is 10.4 Å². The van der Waals surface area contributed by atoms with Crippen molar-refractivity contribution < 1.29 is 4.79 Å². The summed E-state index contributed by atoms with van der Waals surface area (Å²) < 4.78 is 1.74. The summed E-state index contributed by atoms with van der Waals surface area (Å²) in [6.45, 7) is 1.84. The predicted molar refractivity (Wildman–Crippen MR) is 128 cm³/mol. The van der Waals surface area contributed by atoms with Crippen LogP contribution in [0.2, 0.25) is 0 Å². The van der Waals surface area contributed by atoms with E-state index in [1.807, 2.05) is 79.9 Å². The standard InChI is InChI=1S/C27H19N5O/c1-18-25(23-11-5-6-12-24(23)30-18)27(33)20(15-28)14-21-17-32(22-9-3-2-4-10-22)31-26(21)19-8-7-13-29-16-19/h2-14,16-17,30H,1H3/b20-14+. The summed E-state index contributed by atoms with van der Waals surface area (Å²) in [6, 6.07) is 23.1. The summed E-state index contributed by atoms with van der Waals surface area (Å²) in [5.41, 5.74) is 5.12. The molecule has 0 unspecified atom stereocenters. The molecule has 0 saturated carbocycles. The monoisotopic (exact) mass is 429 g/mol. The summed E-state index contributed by atoms with van der Waals surface area (Å²) >= 11 is 0. The Labute approximate surface area is 190 Å². The smallest absolute Gasteiger partial charge is 0.205 e. The minimum atomic E-state index is -0.322. The van der Waals surface area contributed by atoms with Gasteiger partial charge in [0.2, 0.25) is 5.78 Å². The number of nitrogens with zero attached hydrogens (tertiary/aromatic N) is 4. The molecule has 33 heavy (non-hydrogen) atoms. The van der Waals surface area contributed by atoms with E-state index in [9.17, 15) is 10.1 Å². The van der Waals surface area contributed by atoms with Crippen LogP contribution in [0.15, 0.2) is 90.9 Å². The van der Waals surface area contributed by atoms with Crippen LogP contribution in [0.4, 0.5) is 0 Å². The summed E-state index contributed by atoms with van der Waals surface area (Å²) in [4.78, 5) is 20.9. The molecule has 158 valence electrons. The molecule has 0 fully saturated rings. The number of pyridine rings is 1. The Morgan fingerprint density at radius 3 is 2.61 bits per heavy atom. The average molecular weight is 429 g/mol. The zero-order chi connectivity index (χ0) is 22.8. The number of aryl methyl sites for hydroxylation is 1. The molecule has 0 spiro atoms. The number of aromatic nitrogens is 4. The van der Waals surface area contributed by atoms with Crippen molar-refractivity contribution in [1.82, 2.24) is 19.7 Å². The minimum absolute atomic E-state index is 0.0422. The molecule has 0 amide bonds. The summed E-state index contributed by atoms with van der Waals surface area (Å²) in [7, 11) is 0. The molecule has 1 N–H and O–H groups in total. The number of hydrogen-bond donors (Lipinski definition) is 1. The van der Waals surface area contributed by atoms with E-state index in [2.05, 4.69) is 16.0 Å². The average Bonchev–Trinajstić information content (AvgIpc) is 3.43. The third-order valence-corrected chi connectivity index (χ3v) is 5.48. The van der Waals surface area contributed by atoms with Gasteiger partial charge >= 0.3 is 0 Å². The van der Waals surface area contributed by atoms with Crippen molar-refractivity contribution >= 4 is 22.8 Å². The number of Topliss-reactive ketones (excluding diaryl/α,β-unsaturated/α-hetero) is 1. The quantitative estimate of drug-likeness (QED) is 0.227. The van der Waals surface area contributed by atoms with Crippen molar-refractivity contribution in [1.29, 1.82) is 5.26 Å². The van der Waals surface area contributed by atoms with E-state index in [0.29, 0.717) is 16.8 Å². The highest BCUT2D eigenvalue weighted by Gasteiger charge is 2.21. The third kappa shape index (κ3) is 3.73. The van der Waals surface area contributed by atoms with Crippen LogP contribution in [0.5, 0.6) is 0 Å². The number of ketones is 1. The number of hydrogen-bond acceptors (Lipinski definition) is 4. The third-order valence-electron chi connectivity index (χ3n) is 5.48. The molecule has 2 aromatic carbocycles. The first-order valence-electron chi connectivity index (χ1n) is 10.4. The second-order valence-corrected chi connectivity index (χ2v) is 7.62. The fourth-order valence-corrected chi connectivity index (χ4v) is 3.94. The number of para-hydroxylation sites is 2. The predicted octanol–water partition coefficient (Wildman–Crippen LogP) is 5.51. The Morgan fingerprint density at radius 1 is 1.06 bits per heavy atom. The van der Waals surface area contributed by atoms with Crippen molar-refractivity contribution in [3.05, 3.63) is 108 Å². The lowest BCUT2D eigenvalue weighted by atomic mass is 9.99. The van der Waals surface area contributed by atoms with Crippen molar-refractivity contribution in [2.45, 2.75) is 6.92 Å². The first-order valence-corrected chi connectivity index (χ1v) is 10.4. The van der Waals surface area contributed by atoms with Crippen LogP contribution in [0.3, 0.4) is 0 Å². The van der Waals surface area contributed by atoms with Gasteiger partial charge in [0.15, 0.2) is 0 Å². The fourth-order valence-electron chi connectivity index (χ4n) is 3.94. The molecule has 3 aromatic heterocycles. The molecular formula is C27H19N5O. The molecule has 3 heterocycles. The van der Waals surface area contributed by atoms with Crippen LogP contribution in [-0.4, -0.2) is 25.5 Å². The molecule has 0 atom stereocenters. The number of benzene rings is 2. The number of aromatic amines is 1. The molecule has 6 heteroatoms. The highest BCUT2D eigenvalue weighted by molar-refractivity contribution is 6.20. The Bertz CT molecular complexity index is 1540. The lowest BCUT2D eigenvalue weighted by Crippen LogP contribution is -2.03. The number of H-pyrrole nitrogens is 1. The van der Waals surface area contributed by atoms with Gasteiger partial charge in [0.1, 0.15) is 17.3 Å². The maximum atomic E-state index is 13.5.